The van der Waals surface area contributed by atoms with Crippen LogP contribution >= 0.6 is 11.6 Å². The van der Waals surface area contributed by atoms with Gasteiger partial charge in [0, 0.05) is 42.8 Å². The molecule has 1 aliphatic rings. The summed E-state index contributed by atoms with van der Waals surface area (Å²) in [5.74, 6) is 0.787. The molecule has 0 N–H and O–H groups in total. The van der Waals surface area contributed by atoms with Crippen LogP contribution < -0.4 is 4.90 Å². The minimum Gasteiger partial charge on any atom is -0.420 e. The van der Waals surface area contributed by atoms with Crippen molar-refractivity contribution in [2.45, 2.75) is 6.92 Å². The van der Waals surface area contributed by atoms with Crippen LogP contribution in [0, 0.1) is 18.3 Å². The molecule has 0 aliphatic carbocycles. The topological polar surface area (TPSA) is 73.4 Å². The van der Waals surface area contributed by atoms with Crippen molar-refractivity contribution >= 4 is 35.5 Å². The Morgan fingerprint density at radius 3 is 2.48 bits per heavy atom. The molecule has 2 heterocycles. The molecule has 0 radical (unpaired) electrons. The van der Waals surface area contributed by atoms with E-state index in [1.807, 2.05) is 59.2 Å². The number of aryl methyl sites for hydroxylation is 1. The van der Waals surface area contributed by atoms with Gasteiger partial charge in [-0.2, -0.15) is 10.2 Å². The van der Waals surface area contributed by atoms with Crippen molar-refractivity contribution in [3.8, 4) is 6.07 Å². The molecule has 2 aromatic carbocycles. The molecule has 1 fully saturated rings. The van der Waals surface area contributed by atoms with Gasteiger partial charge in [-0.1, -0.05) is 47.5 Å². The third kappa shape index (κ3) is 4.62. The summed E-state index contributed by atoms with van der Waals surface area (Å²) in [5, 5.41) is 10.1. The van der Waals surface area contributed by atoms with Gasteiger partial charge in [0.25, 0.3) is 5.91 Å². The van der Waals surface area contributed by atoms with Crippen molar-refractivity contribution in [3.63, 3.8) is 0 Å². The monoisotopic (exact) mass is 432 g/mol. The van der Waals surface area contributed by atoms with E-state index in [9.17, 15) is 10.1 Å². The van der Waals surface area contributed by atoms with Crippen molar-refractivity contribution in [1.29, 1.82) is 5.26 Å². The first-order chi connectivity index (χ1) is 15.0. The van der Waals surface area contributed by atoms with E-state index in [2.05, 4.69) is 11.1 Å². The van der Waals surface area contributed by atoms with Gasteiger partial charge >= 0.3 is 0 Å². The Bertz CT molecular complexity index is 1150. The van der Waals surface area contributed by atoms with Crippen LogP contribution in [0.15, 0.2) is 52.9 Å². The van der Waals surface area contributed by atoms with Gasteiger partial charge in [-0.3, -0.25) is 4.79 Å². The number of halogens is 1. The standard InChI is InChI=1S/C24H21ClN4O2/c1-17-6-8-19(9-7-17)23(30)28-12-14-29(15-13-28)24-21(16-26)27-22(31-24)11-10-18-4-2-3-5-20(18)25/h2-11H,12-15H2,1H3/b11-10+. The summed E-state index contributed by atoms with van der Waals surface area (Å²) >= 11 is 6.17. The van der Waals surface area contributed by atoms with Crippen molar-refractivity contribution in [2.75, 3.05) is 31.1 Å². The Morgan fingerprint density at radius 1 is 1.10 bits per heavy atom. The maximum Gasteiger partial charge on any atom is 0.253 e. The van der Waals surface area contributed by atoms with Gasteiger partial charge < -0.3 is 14.2 Å². The number of nitriles is 1. The first-order valence-corrected chi connectivity index (χ1v) is 10.4. The van der Waals surface area contributed by atoms with E-state index in [0.29, 0.717) is 48.5 Å². The van der Waals surface area contributed by atoms with Gasteiger partial charge in [-0.05, 0) is 36.8 Å². The van der Waals surface area contributed by atoms with E-state index < -0.39 is 0 Å². The Kier molecular flexibility index (Phi) is 6.06. The molecule has 3 aromatic rings. The van der Waals surface area contributed by atoms with Crippen molar-refractivity contribution in [1.82, 2.24) is 9.88 Å². The minimum atomic E-state index is 0.0149. The average molecular weight is 433 g/mol. The zero-order valence-electron chi connectivity index (χ0n) is 17.1. The number of amides is 1. The van der Waals surface area contributed by atoms with E-state index in [1.54, 1.807) is 18.2 Å². The summed E-state index contributed by atoms with van der Waals surface area (Å²) in [6, 6.07) is 17.1. The number of hydrogen-bond acceptors (Lipinski definition) is 5. The highest BCUT2D eigenvalue weighted by Gasteiger charge is 2.26. The summed E-state index contributed by atoms with van der Waals surface area (Å²) in [6.45, 7) is 4.21. The number of anilines is 1. The molecular formula is C24H21ClN4O2. The Morgan fingerprint density at radius 2 is 1.81 bits per heavy atom. The Hall–Kier alpha value is -3.56. The molecule has 1 amide bonds. The maximum atomic E-state index is 12.7. The molecule has 0 atom stereocenters. The van der Waals surface area contributed by atoms with Crippen LogP contribution in [0.3, 0.4) is 0 Å². The summed E-state index contributed by atoms with van der Waals surface area (Å²) in [7, 11) is 0. The maximum absolute atomic E-state index is 12.7. The summed E-state index contributed by atoms with van der Waals surface area (Å²) in [6.07, 6.45) is 3.50. The average Bonchev–Trinajstić information content (AvgIpc) is 3.22. The molecule has 0 saturated carbocycles. The minimum absolute atomic E-state index is 0.0149. The van der Waals surface area contributed by atoms with Gasteiger partial charge in [0.2, 0.25) is 17.5 Å². The van der Waals surface area contributed by atoms with Crippen LogP contribution in [0.2, 0.25) is 5.02 Å². The van der Waals surface area contributed by atoms with Gasteiger partial charge in [0.1, 0.15) is 6.07 Å². The van der Waals surface area contributed by atoms with E-state index in [0.717, 1.165) is 11.1 Å². The molecule has 1 aromatic heterocycles. The normalized spacial score (nSPS) is 14.1. The summed E-state index contributed by atoms with van der Waals surface area (Å²) < 4.78 is 5.86. The van der Waals surface area contributed by atoms with Crippen LogP contribution in [-0.4, -0.2) is 42.0 Å². The summed E-state index contributed by atoms with van der Waals surface area (Å²) in [5.41, 5.74) is 2.88. The number of piperazine rings is 1. The fourth-order valence-corrected chi connectivity index (χ4v) is 3.65. The highest BCUT2D eigenvalue weighted by Crippen LogP contribution is 2.25. The van der Waals surface area contributed by atoms with E-state index in [1.165, 1.54) is 0 Å². The van der Waals surface area contributed by atoms with Crippen molar-refractivity contribution in [2.24, 2.45) is 0 Å². The lowest BCUT2D eigenvalue weighted by Crippen LogP contribution is -2.48. The quantitative estimate of drug-likeness (QED) is 0.600. The first-order valence-electron chi connectivity index (χ1n) is 9.99. The van der Waals surface area contributed by atoms with Crippen LogP contribution in [0.4, 0.5) is 5.88 Å². The number of carbonyl (C=O) groups excluding carboxylic acids is 1. The molecular weight excluding hydrogens is 412 g/mol. The Labute approximate surface area is 186 Å². The predicted molar refractivity (Wildman–Crippen MR) is 121 cm³/mol. The lowest BCUT2D eigenvalue weighted by molar-refractivity contribution is 0.0745. The number of nitrogens with zero attached hydrogens (tertiary/aromatic N) is 4. The summed E-state index contributed by atoms with van der Waals surface area (Å²) in [4.78, 5) is 20.8. The van der Waals surface area contributed by atoms with E-state index >= 15 is 0 Å². The fraction of sp³-hybridized carbons (Fsp3) is 0.208. The van der Waals surface area contributed by atoms with Crippen LogP contribution in [0.5, 0.6) is 0 Å². The number of carbonyl (C=O) groups is 1. The SMILES string of the molecule is Cc1ccc(C(=O)N2CCN(c3oc(/C=C/c4ccccc4Cl)nc3C#N)CC2)cc1. The predicted octanol–water partition coefficient (Wildman–Crippen LogP) is 4.64. The molecule has 1 aliphatic heterocycles. The highest BCUT2D eigenvalue weighted by molar-refractivity contribution is 6.32. The molecule has 156 valence electrons. The number of benzene rings is 2. The highest BCUT2D eigenvalue weighted by atomic mass is 35.5. The third-order valence-electron chi connectivity index (χ3n) is 5.20. The smallest absolute Gasteiger partial charge is 0.253 e. The number of rotatable bonds is 4. The number of hydrogen-bond donors (Lipinski definition) is 0. The fourth-order valence-electron chi connectivity index (χ4n) is 3.45. The lowest BCUT2D eigenvalue weighted by atomic mass is 10.1. The van der Waals surface area contributed by atoms with Gasteiger partial charge in [0.15, 0.2) is 0 Å². The molecule has 0 bridgehead atoms. The lowest BCUT2D eigenvalue weighted by Gasteiger charge is -2.34. The molecule has 0 spiro atoms. The Balaban J connectivity index is 1.45. The third-order valence-corrected chi connectivity index (χ3v) is 5.54. The largest absolute Gasteiger partial charge is 0.420 e. The molecule has 6 nitrogen and oxygen atoms in total. The van der Waals surface area contributed by atoms with Crippen molar-refractivity contribution < 1.29 is 9.21 Å². The molecule has 4 rings (SSSR count). The van der Waals surface area contributed by atoms with Gasteiger partial charge in [-0.25, -0.2) is 0 Å². The van der Waals surface area contributed by atoms with Gasteiger partial charge in [0.05, 0.1) is 0 Å². The zero-order chi connectivity index (χ0) is 21.8. The number of oxazole rings is 1. The molecule has 0 unspecified atom stereocenters. The van der Waals surface area contributed by atoms with Crippen molar-refractivity contribution in [3.05, 3.63) is 81.8 Å². The molecule has 1 saturated heterocycles. The van der Waals surface area contributed by atoms with Gasteiger partial charge in [-0.15, -0.1) is 0 Å². The zero-order valence-corrected chi connectivity index (χ0v) is 17.8. The van der Waals surface area contributed by atoms with E-state index in [-0.39, 0.29) is 11.6 Å². The second kappa shape index (κ2) is 9.07. The van der Waals surface area contributed by atoms with Crippen LogP contribution in [0.1, 0.15) is 33.1 Å². The second-order valence-electron chi connectivity index (χ2n) is 7.32. The first kappa shape index (κ1) is 20.7. The van der Waals surface area contributed by atoms with E-state index in [4.69, 9.17) is 16.0 Å². The second-order valence-corrected chi connectivity index (χ2v) is 7.72. The molecule has 7 heteroatoms. The molecule has 31 heavy (non-hydrogen) atoms. The van der Waals surface area contributed by atoms with Crippen LogP contribution in [0.25, 0.3) is 12.2 Å². The number of aromatic nitrogens is 1. The van der Waals surface area contributed by atoms with Crippen LogP contribution in [-0.2, 0) is 0 Å².